The van der Waals surface area contributed by atoms with Gasteiger partial charge in [0.2, 0.25) is 0 Å². The Kier molecular flexibility index (Phi) is 8.40. The molecule has 17 heavy (non-hydrogen) atoms. The summed E-state index contributed by atoms with van der Waals surface area (Å²) in [6.45, 7) is 10.2. The van der Waals surface area contributed by atoms with E-state index in [4.69, 9.17) is 0 Å². The number of hydrogen-bond acceptors (Lipinski definition) is 3. The van der Waals surface area contributed by atoms with E-state index in [0.29, 0.717) is 0 Å². The minimum atomic E-state index is -0.345. The molecule has 0 spiro atoms. The summed E-state index contributed by atoms with van der Waals surface area (Å²) < 4.78 is 0. The first-order chi connectivity index (χ1) is 7.87. The summed E-state index contributed by atoms with van der Waals surface area (Å²) >= 11 is 0. The lowest BCUT2D eigenvalue weighted by Gasteiger charge is -2.16. The molecule has 0 heterocycles. The van der Waals surface area contributed by atoms with Gasteiger partial charge < -0.3 is 5.11 Å². The lowest BCUT2D eigenvalue weighted by Crippen LogP contribution is -2.21. The molecule has 2 unspecified atom stereocenters. The zero-order valence-electron chi connectivity index (χ0n) is 12.2. The molecule has 0 aliphatic carbocycles. The number of rotatable bonds is 8. The van der Waals surface area contributed by atoms with Crippen molar-refractivity contribution in [1.29, 1.82) is 0 Å². The number of nitrogens with zero attached hydrogens (tertiary/aromatic N) is 2. The fraction of sp³-hybridized carbons (Fsp3) is 1.00. The second-order valence-corrected chi connectivity index (χ2v) is 5.90. The summed E-state index contributed by atoms with van der Waals surface area (Å²) in [5.41, 5.74) is -0.144. The fourth-order valence-electron chi connectivity index (χ4n) is 1.54. The van der Waals surface area contributed by atoms with Crippen molar-refractivity contribution in [1.82, 2.24) is 0 Å². The Morgan fingerprint density at radius 2 is 1.65 bits per heavy atom. The Morgan fingerprint density at radius 3 is 2.18 bits per heavy atom. The third-order valence-corrected chi connectivity index (χ3v) is 2.70. The van der Waals surface area contributed by atoms with Gasteiger partial charge in [-0.2, -0.15) is 10.2 Å². The van der Waals surface area contributed by atoms with Gasteiger partial charge in [-0.15, -0.1) is 0 Å². The van der Waals surface area contributed by atoms with E-state index in [1.54, 1.807) is 0 Å². The molecule has 0 radical (unpaired) electrons. The van der Waals surface area contributed by atoms with Gasteiger partial charge in [0.1, 0.15) is 0 Å². The van der Waals surface area contributed by atoms with Gasteiger partial charge in [-0.1, -0.05) is 39.0 Å². The minimum absolute atomic E-state index is 0.0830. The van der Waals surface area contributed by atoms with Gasteiger partial charge in [-0.3, -0.25) is 0 Å². The molecule has 0 bridgehead atoms. The van der Waals surface area contributed by atoms with Gasteiger partial charge in [-0.25, -0.2) is 0 Å². The molecule has 0 aromatic carbocycles. The predicted octanol–water partition coefficient (Wildman–Crippen LogP) is 4.35. The molecule has 0 fully saturated rings. The topological polar surface area (TPSA) is 45.0 Å². The van der Waals surface area contributed by atoms with Crippen LogP contribution in [0.2, 0.25) is 0 Å². The lowest BCUT2D eigenvalue weighted by atomic mass is 10.0. The van der Waals surface area contributed by atoms with E-state index in [9.17, 15) is 5.11 Å². The average molecular weight is 242 g/mol. The maximum Gasteiger partial charge on any atom is 0.0938 e. The average Bonchev–Trinajstić information content (AvgIpc) is 2.24. The number of aliphatic hydroxyl groups is 1. The first-order valence-electron chi connectivity index (χ1n) is 6.97. The van der Waals surface area contributed by atoms with Crippen molar-refractivity contribution in [3.05, 3.63) is 0 Å². The van der Waals surface area contributed by atoms with Gasteiger partial charge in [0.25, 0.3) is 0 Å². The highest BCUT2D eigenvalue weighted by Crippen LogP contribution is 2.13. The monoisotopic (exact) mass is 242 g/mol. The largest absolute Gasteiger partial charge is 0.391 e. The standard InChI is InChI=1S/C14H30N2O/c1-6-7-8-9-10-11-13(17)12(2)15-16-14(3,4)5/h12-13,17H,6-11H2,1-5H3. The van der Waals surface area contributed by atoms with Gasteiger partial charge in [0.05, 0.1) is 17.7 Å². The summed E-state index contributed by atoms with van der Waals surface area (Å²) in [4.78, 5) is 0. The number of aliphatic hydroxyl groups excluding tert-OH is 1. The highest BCUT2D eigenvalue weighted by atomic mass is 16.3. The zero-order valence-corrected chi connectivity index (χ0v) is 12.2. The predicted molar refractivity (Wildman–Crippen MR) is 73.5 cm³/mol. The van der Waals surface area contributed by atoms with Crippen LogP contribution in [0.25, 0.3) is 0 Å². The van der Waals surface area contributed by atoms with Crippen LogP contribution in [0.4, 0.5) is 0 Å². The van der Waals surface area contributed by atoms with E-state index in [-0.39, 0.29) is 17.7 Å². The van der Waals surface area contributed by atoms with Crippen LogP contribution in [0.3, 0.4) is 0 Å². The van der Waals surface area contributed by atoms with E-state index in [2.05, 4.69) is 17.2 Å². The molecule has 2 atom stereocenters. The van der Waals surface area contributed by atoms with Crippen molar-refractivity contribution in [3.8, 4) is 0 Å². The first-order valence-corrected chi connectivity index (χ1v) is 6.97. The van der Waals surface area contributed by atoms with Crippen molar-refractivity contribution in [2.75, 3.05) is 0 Å². The van der Waals surface area contributed by atoms with E-state index in [1.807, 2.05) is 27.7 Å². The zero-order chi connectivity index (χ0) is 13.3. The van der Waals surface area contributed by atoms with E-state index in [1.165, 1.54) is 25.7 Å². The smallest absolute Gasteiger partial charge is 0.0938 e. The highest BCUT2D eigenvalue weighted by molar-refractivity contribution is 4.73. The maximum atomic E-state index is 9.92. The second-order valence-electron chi connectivity index (χ2n) is 5.90. The Labute approximate surface area is 107 Å². The molecular formula is C14H30N2O. The second kappa shape index (κ2) is 8.62. The van der Waals surface area contributed by atoms with Crippen molar-refractivity contribution in [2.45, 2.75) is 90.8 Å². The fourth-order valence-corrected chi connectivity index (χ4v) is 1.54. The summed E-state index contributed by atoms with van der Waals surface area (Å²) in [7, 11) is 0. The summed E-state index contributed by atoms with van der Waals surface area (Å²) in [5.74, 6) is 0. The molecular weight excluding hydrogens is 212 g/mol. The molecule has 102 valence electrons. The van der Waals surface area contributed by atoms with E-state index >= 15 is 0 Å². The summed E-state index contributed by atoms with van der Waals surface area (Å²) in [6, 6.07) is -0.0830. The van der Waals surface area contributed by atoms with Crippen molar-refractivity contribution in [2.24, 2.45) is 10.2 Å². The summed E-state index contributed by atoms with van der Waals surface area (Å²) in [6.07, 6.45) is 6.65. The van der Waals surface area contributed by atoms with Crippen LogP contribution in [-0.4, -0.2) is 22.8 Å². The van der Waals surface area contributed by atoms with Crippen molar-refractivity contribution in [3.63, 3.8) is 0 Å². The Balaban J connectivity index is 3.74. The Hall–Kier alpha value is -0.440. The number of hydrogen-bond donors (Lipinski definition) is 1. The van der Waals surface area contributed by atoms with Crippen LogP contribution in [0.1, 0.15) is 73.1 Å². The van der Waals surface area contributed by atoms with E-state index < -0.39 is 0 Å². The lowest BCUT2D eigenvalue weighted by molar-refractivity contribution is 0.134. The number of azo groups is 1. The molecule has 0 aliphatic heterocycles. The maximum absolute atomic E-state index is 9.92. The highest BCUT2D eigenvalue weighted by Gasteiger charge is 2.14. The molecule has 0 saturated carbocycles. The minimum Gasteiger partial charge on any atom is -0.391 e. The molecule has 0 rings (SSSR count). The Bertz CT molecular complexity index is 209. The first kappa shape index (κ1) is 16.6. The Morgan fingerprint density at radius 1 is 1.06 bits per heavy atom. The number of unbranched alkanes of at least 4 members (excludes halogenated alkanes) is 4. The molecule has 0 amide bonds. The SMILES string of the molecule is CCCCCCCC(O)C(C)N=NC(C)(C)C. The third-order valence-electron chi connectivity index (χ3n) is 2.70. The van der Waals surface area contributed by atoms with Crippen LogP contribution >= 0.6 is 0 Å². The molecule has 0 aromatic rings. The quantitative estimate of drug-likeness (QED) is 0.499. The van der Waals surface area contributed by atoms with Crippen LogP contribution in [-0.2, 0) is 0 Å². The molecule has 1 N–H and O–H groups in total. The van der Waals surface area contributed by atoms with Crippen molar-refractivity contribution < 1.29 is 5.11 Å². The van der Waals surface area contributed by atoms with Crippen LogP contribution in [0, 0.1) is 0 Å². The van der Waals surface area contributed by atoms with Gasteiger partial charge in [0.15, 0.2) is 0 Å². The molecule has 3 heteroatoms. The molecule has 0 saturated heterocycles. The third kappa shape index (κ3) is 10.4. The van der Waals surface area contributed by atoms with Crippen LogP contribution in [0.5, 0.6) is 0 Å². The van der Waals surface area contributed by atoms with Gasteiger partial charge in [-0.05, 0) is 34.1 Å². The van der Waals surface area contributed by atoms with Gasteiger partial charge >= 0.3 is 0 Å². The normalized spacial score (nSPS) is 16.4. The van der Waals surface area contributed by atoms with Crippen molar-refractivity contribution >= 4 is 0 Å². The summed E-state index contributed by atoms with van der Waals surface area (Å²) in [5, 5.41) is 18.3. The molecule has 0 aromatic heterocycles. The molecule has 0 aliphatic rings. The van der Waals surface area contributed by atoms with Crippen LogP contribution in [0.15, 0.2) is 10.2 Å². The van der Waals surface area contributed by atoms with Gasteiger partial charge in [0, 0.05) is 0 Å². The van der Waals surface area contributed by atoms with Crippen LogP contribution < -0.4 is 0 Å². The molecule has 3 nitrogen and oxygen atoms in total. The van der Waals surface area contributed by atoms with E-state index in [0.717, 1.165) is 12.8 Å².